The molecule has 1 aromatic carbocycles. The van der Waals surface area contributed by atoms with Gasteiger partial charge in [0, 0.05) is 38.6 Å². The molecule has 0 spiro atoms. The lowest BCUT2D eigenvalue weighted by molar-refractivity contribution is 0.0119. The van der Waals surface area contributed by atoms with E-state index in [1.54, 1.807) is 6.07 Å². The summed E-state index contributed by atoms with van der Waals surface area (Å²) in [6.45, 7) is 2.46. The van der Waals surface area contributed by atoms with Gasteiger partial charge in [-0.15, -0.1) is 0 Å². The van der Waals surface area contributed by atoms with Crippen LogP contribution in [0.15, 0.2) is 18.2 Å². The van der Waals surface area contributed by atoms with Crippen LogP contribution < -0.4 is 4.74 Å². The van der Waals surface area contributed by atoms with Gasteiger partial charge in [-0.2, -0.15) is 0 Å². The first kappa shape index (κ1) is 14.7. The molecule has 1 aromatic rings. The molecule has 21 heavy (non-hydrogen) atoms. The van der Waals surface area contributed by atoms with Gasteiger partial charge in [0.1, 0.15) is 0 Å². The number of halogens is 3. The van der Waals surface area contributed by atoms with Gasteiger partial charge in [-0.1, -0.05) is 6.07 Å². The number of hydrogen-bond donors (Lipinski definition) is 0. The van der Waals surface area contributed by atoms with Crippen LogP contribution in [-0.2, 0) is 6.54 Å². The number of piperazine rings is 1. The Balaban J connectivity index is 1.63. The van der Waals surface area contributed by atoms with Crippen molar-refractivity contribution in [3.05, 3.63) is 29.6 Å². The fourth-order valence-corrected chi connectivity index (χ4v) is 3.28. The quantitative estimate of drug-likeness (QED) is 0.852. The van der Waals surface area contributed by atoms with Crippen molar-refractivity contribution in [3.63, 3.8) is 0 Å². The second kappa shape index (κ2) is 5.50. The smallest absolute Gasteiger partial charge is 0.262 e. The zero-order chi connectivity index (χ0) is 15.0. The summed E-state index contributed by atoms with van der Waals surface area (Å²) in [6, 6.07) is 4.79. The van der Waals surface area contributed by atoms with Crippen LogP contribution in [0.3, 0.4) is 0 Å². The predicted octanol–water partition coefficient (Wildman–Crippen LogP) is 2.36. The largest absolute Gasteiger partial charge is 0.494 e. The molecule has 0 N–H and O–H groups in total. The van der Waals surface area contributed by atoms with Crippen LogP contribution in [0, 0.1) is 5.82 Å². The van der Waals surface area contributed by atoms with Gasteiger partial charge in [0.05, 0.1) is 13.7 Å². The van der Waals surface area contributed by atoms with Gasteiger partial charge < -0.3 is 4.74 Å². The number of ether oxygens (including phenoxy) is 1. The van der Waals surface area contributed by atoms with E-state index < -0.39 is 5.92 Å². The minimum Gasteiger partial charge on any atom is -0.494 e. The Morgan fingerprint density at radius 1 is 1.33 bits per heavy atom. The van der Waals surface area contributed by atoms with Crippen LogP contribution in [0.4, 0.5) is 13.2 Å². The molecular formula is C15H19F3N2O. The average molecular weight is 300 g/mol. The molecule has 2 saturated heterocycles. The Bertz CT molecular complexity index is 524. The molecule has 3 rings (SSSR count). The normalized spacial score (nSPS) is 25.8. The standard InChI is InChI=1S/C15H19F3N2O/c1-21-14-3-2-11(6-13(14)16)8-19-4-5-20-10-15(17,18)7-12(20)9-19/h2-3,6,12H,4-5,7-10H2,1H3/t12-/m0/s1. The van der Waals surface area contributed by atoms with Gasteiger partial charge in [-0.25, -0.2) is 13.2 Å². The lowest BCUT2D eigenvalue weighted by Gasteiger charge is -2.36. The highest BCUT2D eigenvalue weighted by Crippen LogP contribution is 2.34. The molecule has 0 unspecified atom stereocenters. The molecule has 3 nitrogen and oxygen atoms in total. The Morgan fingerprint density at radius 3 is 2.86 bits per heavy atom. The maximum absolute atomic E-state index is 13.7. The maximum atomic E-state index is 13.7. The van der Waals surface area contributed by atoms with Gasteiger partial charge in [0.25, 0.3) is 5.92 Å². The van der Waals surface area contributed by atoms with E-state index in [1.807, 2.05) is 11.0 Å². The maximum Gasteiger partial charge on any atom is 0.262 e. The third-order valence-electron chi connectivity index (χ3n) is 4.28. The molecular weight excluding hydrogens is 281 g/mol. The first-order valence-electron chi connectivity index (χ1n) is 7.13. The zero-order valence-corrected chi connectivity index (χ0v) is 12.0. The van der Waals surface area contributed by atoms with E-state index in [-0.39, 0.29) is 30.6 Å². The number of rotatable bonds is 3. The van der Waals surface area contributed by atoms with Crippen molar-refractivity contribution in [2.75, 3.05) is 33.3 Å². The molecule has 2 aliphatic rings. The second-order valence-electron chi connectivity index (χ2n) is 5.89. The fourth-order valence-electron chi connectivity index (χ4n) is 3.28. The molecule has 0 aliphatic carbocycles. The number of benzene rings is 1. The van der Waals surface area contributed by atoms with Crippen LogP contribution >= 0.6 is 0 Å². The third-order valence-corrected chi connectivity index (χ3v) is 4.28. The summed E-state index contributed by atoms with van der Waals surface area (Å²) in [5.74, 6) is -2.73. The van der Waals surface area contributed by atoms with Gasteiger partial charge in [-0.3, -0.25) is 9.80 Å². The summed E-state index contributed by atoms with van der Waals surface area (Å²) in [6.07, 6.45) is -0.0690. The number of methoxy groups -OCH3 is 1. The van der Waals surface area contributed by atoms with Crippen molar-refractivity contribution >= 4 is 0 Å². The summed E-state index contributed by atoms with van der Waals surface area (Å²) in [5.41, 5.74) is 0.839. The van der Waals surface area contributed by atoms with E-state index in [2.05, 4.69) is 4.90 Å². The molecule has 0 aromatic heterocycles. The first-order chi connectivity index (χ1) is 9.97. The molecule has 0 bridgehead atoms. The van der Waals surface area contributed by atoms with E-state index in [9.17, 15) is 13.2 Å². The van der Waals surface area contributed by atoms with Crippen LogP contribution in [0.5, 0.6) is 5.75 Å². The fraction of sp³-hybridized carbons (Fsp3) is 0.600. The lowest BCUT2D eigenvalue weighted by atomic mass is 10.1. The van der Waals surface area contributed by atoms with Gasteiger partial charge >= 0.3 is 0 Å². The molecule has 6 heteroatoms. The molecule has 2 heterocycles. The van der Waals surface area contributed by atoms with Gasteiger partial charge in [0.2, 0.25) is 0 Å². The van der Waals surface area contributed by atoms with Crippen molar-refractivity contribution in [2.45, 2.75) is 24.9 Å². The minimum atomic E-state index is -2.56. The Labute approximate surface area is 122 Å². The highest BCUT2D eigenvalue weighted by atomic mass is 19.3. The van der Waals surface area contributed by atoms with Crippen LogP contribution in [0.2, 0.25) is 0 Å². The molecule has 2 fully saturated rings. The third kappa shape index (κ3) is 3.16. The summed E-state index contributed by atoms with van der Waals surface area (Å²) >= 11 is 0. The Kier molecular flexibility index (Phi) is 3.84. The van der Waals surface area contributed by atoms with E-state index in [1.165, 1.54) is 13.2 Å². The zero-order valence-electron chi connectivity index (χ0n) is 12.0. The van der Waals surface area contributed by atoms with Gasteiger partial charge in [0.15, 0.2) is 11.6 Å². The topological polar surface area (TPSA) is 15.7 Å². The minimum absolute atomic E-state index is 0.0690. The molecule has 0 amide bonds. The van der Waals surface area contributed by atoms with Crippen molar-refractivity contribution < 1.29 is 17.9 Å². The number of fused-ring (bicyclic) bond motifs is 1. The molecule has 0 saturated carbocycles. The summed E-state index contributed by atoms with van der Waals surface area (Å²) in [7, 11) is 1.43. The summed E-state index contributed by atoms with van der Waals surface area (Å²) in [5, 5.41) is 0. The highest BCUT2D eigenvalue weighted by molar-refractivity contribution is 5.29. The van der Waals surface area contributed by atoms with Gasteiger partial charge in [-0.05, 0) is 17.7 Å². The molecule has 1 atom stereocenters. The van der Waals surface area contributed by atoms with Crippen molar-refractivity contribution in [3.8, 4) is 5.75 Å². The van der Waals surface area contributed by atoms with Crippen LogP contribution in [0.25, 0.3) is 0 Å². The average Bonchev–Trinajstić information content (AvgIpc) is 2.72. The van der Waals surface area contributed by atoms with E-state index in [0.717, 1.165) is 12.1 Å². The molecule has 2 aliphatic heterocycles. The highest BCUT2D eigenvalue weighted by Gasteiger charge is 2.46. The van der Waals surface area contributed by atoms with Crippen molar-refractivity contribution in [1.82, 2.24) is 9.80 Å². The van der Waals surface area contributed by atoms with E-state index in [0.29, 0.717) is 19.6 Å². The molecule has 0 radical (unpaired) electrons. The number of alkyl halides is 2. The second-order valence-corrected chi connectivity index (χ2v) is 5.89. The van der Waals surface area contributed by atoms with E-state index in [4.69, 9.17) is 4.74 Å². The first-order valence-corrected chi connectivity index (χ1v) is 7.13. The SMILES string of the molecule is COc1ccc(CN2CCN3CC(F)(F)C[C@H]3C2)cc1F. The van der Waals surface area contributed by atoms with Crippen LogP contribution in [0.1, 0.15) is 12.0 Å². The number of nitrogens with zero attached hydrogens (tertiary/aromatic N) is 2. The van der Waals surface area contributed by atoms with E-state index >= 15 is 0 Å². The van der Waals surface area contributed by atoms with Crippen LogP contribution in [-0.4, -0.2) is 55.1 Å². The molecule has 116 valence electrons. The Morgan fingerprint density at radius 2 is 2.14 bits per heavy atom. The number of hydrogen-bond acceptors (Lipinski definition) is 3. The monoisotopic (exact) mass is 300 g/mol. The summed E-state index contributed by atoms with van der Waals surface area (Å²) in [4.78, 5) is 3.98. The summed E-state index contributed by atoms with van der Waals surface area (Å²) < 4.78 is 45.4. The van der Waals surface area contributed by atoms with Crippen molar-refractivity contribution in [2.24, 2.45) is 0 Å². The predicted molar refractivity (Wildman–Crippen MR) is 73.2 cm³/mol. The lowest BCUT2D eigenvalue weighted by Crippen LogP contribution is -2.49. The Hall–Kier alpha value is -1.27. The van der Waals surface area contributed by atoms with Crippen molar-refractivity contribution in [1.29, 1.82) is 0 Å².